The fourth-order valence-electron chi connectivity index (χ4n) is 2.49. The molecular weight excluding hydrogens is 378 g/mol. The molecule has 3 aromatic rings. The van der Waals surface area contributed by atoms with Crippen molar-refractivity contribution in [1.82, 2.24) is 14.8 Å². The molecule has 144 valence electrons. The number of aromatic nitrogens is 3. The Morgan fingerprint density at radius 1 is 1.11 bits per heavy atom. The number of benzene rings is 1. The maximum Gasteiger partial charge on any atom is 0.277 e. The van der Waals surface area contributed by atoms with E-state index in [1.54, 1.807) is 12.1 Å². The van der Waals surface area contributed by atoms with Crippen LogP contribution in [0.2, 0.25) is 0 Å². The highest BCUT2D eigenvalue weighted by molar-refractivity contribution is 7.14. The number of carbonyl (C=O) groups excluding carboxylic acids is 2. The minimum atomic E-state index is -0.424. The lowest BCUT2D eigenvalue weighted by molar-refractivity contribution is -0.114. The molecule has 0 saturated heterocycles. The van der Waals surface area contributed by atoms with Gasteiger partial charge in [-0.3, -0.25) is 19.7 Å². The number of rotatable bonds is 6. The maximum absolute atomic E-state index is 12.4. The monoisotopic (exact) mass is 397 g/mol. The number of aryl methyl sites for hydroxylation is 1. The molecule has 8 nitrogen and oxygen atoms in total. The van der Waals surface area contributed by atoms with E-state index in [2.05, 4.69) is 20.7 Å². The van der Waals surface area contributed by atoms with Crippen molar-refractivity contribution in [2.75, 3.05) is 10.6 Å². The molecule has 1 aromatic carbocycles. The predicted molar refractivity (Wildman–Crippen MR) is 109 cm³/mol. The van der Waals surface area contributed by atoms with E-state index in [1.807, 2.05) is 24.4 Å². The van der Waals surface area contributed by atoms with Crippen LogP contribution in [0.15, 0.2) is 46.6 Å². The molecule has 28 heavy (non-hydrogen) atoms. The minimum Gasteiger partial charge on any atom is -0.326 e. The van der Waals surface area contributed by atoms with Crippen molar-refractivity contribution in [3.63, 3.8) is 0 Å². The molecule has 2 heterocycles. The Morgan fingerprint density at radius 2 is 1.86 bits per heavy atom. The third kappa shape index (κ3) is 4.68. The first kappa shape index (κ1) is 19.4. The highest BCUT2D eigenvalue weighted by Crippen LogP contribution is 2.26. The summed E-state index contributed by atoms with van der Waals surface area (Å²) in [6.07, 6.45) is 0.745. The van der Waals surface area contributed by atoms with Crippen molar-refractivity contribution in [2.45, 2.75) is 26.8 Å². The largest absolute Gasteiger partial charge is 0.326 e. The summed E-state index contributed by atoms with van der Waals surface area (Å²) >= 11 is 1.29. The van der Waals surface area contributed by atoms with Crippen molar-refractivity contribution < 1.29 is 9.59 Å². The number of hydrogen-bond acceptors (Lipinski definition) is 6. The number of amides is 2. The van der Waals surface area contributed by atoms with Crippen LogP contribution in [0.1, 0.15) is 30.8 Å². The van der Waals surface area contributed by atoms with Crippen molar-refractivity contribution in [2.24, 2.45) is 0 Å². The van der Waals surface area contributed by atoms with Crippen molar-refractivity contribution in [1.29, 1.82) is 0 Å². The fourth-order valence-corrected chi connectivity index (χ4v) is 3.21. The van der Waals surface area contributed by atoms with Gasteiger partial charge in [0.25, 0.3) is 11.5 Å². The van der Waals surface area contributed by atoms with Crippen LogP contribution in [-0.2, 0) is 11.3 Å². The average Bonchev–Trinajstić information content (AvgIpc) is 3.12. The second kappa shape index (κ2) is 8.57. The Kier molecular flexibility index (Phi) is 5.95. The summed E-state index contributed by atoms with van der Waals surface area (Å²) in [5.74, 6) is -0.558. The SMILES string of the molecule is CCCn1nc(C(=O)Nc2nc(-c3ccc(NC(C)=O)cc3)cs2)ccc1=O. The third-order valence-electron chi connectivity index (χ3n) is 3.76. The molecule has 0 aliphatic carbocycles. The van der Waals surface area contributed by atoms with Gasteiger partial charge in [-0.05, 0) is 24.6 Å². The molecule has 3 rings (SSSR count). The van der Waals surface area contributed by atoms with Crippen molar-refractivity contribution in [3.05, 3.63) is 57.8 Å². The van der Waals surface area contributed by atoms with E-state index in [1.165, 1.54) is 35.1 Å². The zero-order valence-electron chi connectivity index (χ0n) is 15.4. The van der Waals surface area contributed by atoms with Crippen LogP contribution in [0.4, 0.5) is 10.8 Å². The van der Waals surface area contributed by atoms with Gasteiger partial charge in [0.2, 0.25) is 5.91 Å². The molecule has 2 aromatic heterocycles. The van der Waals surface area contributed by atoms with Gasteiger partial charge in [0.1, 0.15) is 5.69 Å². The van der Waals surface area contributed by atoms with Crippen LogP contribution in [0, 0.1) is 0 Å². The quantitative estimate of drug-likeness (QED) is 0.665. The van der Waals surface area contributed by atoms with E-state index in [4.69, 9.17) is 0 Å². The molecule has 2 amide bonds. The van der Waals surface area contributed by atoms with Crippen LogP contribution in [0.5, 0.6) is 0 Å². The summed E-state index contributed by atoms with van der Waals surface area (Å²) in [7, 11) is 0. The highest BCUT2D eigenvalue weighted by atomic mass is 32.1. The van der Waals surface area contributed by atoms with Crippen molar-refractivity contribution >= 4 is 34.0 Å². The number of nitrogens with zero attached hydrogens (tertiary/aromatic N) is 3. The van der Waals surface area contributed by atoms with Gasteiger partial charge in [-0.2, -0.15) is 5.10 Å². The number of anilines is 2. The van der Waals surface area contributed by atoms with Crippen LogP contribution in [0.25, 0.3) is 11.3 Å². The third-order valence-corrected chi connectivity index (χ3v) is 4.52. The zero-order chi connectivity index (χ0) is 20.1. The van der Waals surface area contributed by atoms with E-state index in [9.17, 15) is 14.4 Å². The molecule has 0 saturated carbocycles. The predicted octanol–water partition coefficient (Wildman–Crippen LogP) is 2.99. The fraction of sp³-hybridized carbons (Fsp3) is 0.211. The van der Waals surface area contributed by atoms with Gasteiger partial charge in [-0.1, -0.05) is 19.1 Å². The molecule has 0 aliphatic rings. The van der Waals surface area contributed by atoms with Gasteiger partial charge in [-0.25, -0.2) is 9.67 Å². The number of nitrogens with one attached hydrogen (secondary N) is 2. The van der Waals surface area contributed by atoms with Crippen LogP contribution >= 0.6 is 11.3 Å². The normalized spacial score (nSPS) is 10.5. The first-order valence-corrected chi connectivity index (χ1v) is 9.57. The van der Waals surface area contributed by atoms with E-state index in [-0.39, 0.29) is 17.2 Å². The highest BCUT2D eigenvalue weighted by Gasteiger charge is 2.13. The number of thiazole rings is 1. The topological polar surface area (TPSA) is 106 Å². The molecule has 0 radical (unpaired) electrons. The molecule has 9 heteroatoms. The van der Waals surface area contributed by atoms with E-state index < -0.39 is 5.91 Å². The van der Waals surface area contributed by atoms with Gasteiger partial charge in [-0.15, -0.1) is 11.3 Å². The average molecular weight is 397 g/mol. The molecule has 0 unspecified atom stereocenters. The lowest BCUT2D eigenvalue weighted by Crippen LogP contribution is -2.26. The summed E-state index contributed by atoms with van der Waals surface area (Å²) in [5.41, 5.74) is 2.19. The van der Waals surface area contributed by atoms with E-state index >= 15 is 0 Å². The lowest BCUT2D eigenvalue weighted by Gasteiger charge is -2.05. The summed E-state index contributed by atoms with van der Waals surface area (Å²) in [5, 5.41) is 11.8. The molecule has 0 aliphatic heterocycles. The van der Waals surface area contributed by atoms with Crippen LogP contribution < -0.4 is 16.2 Å². The molecule has 0 atom stereocenters. The first-order chi connectivity index (χ1) is 13.5. The van der Waals surface area contributed by atoms with Crippen LogP contribution in [-0.4, -0.2) is 26.6 Å². The molecule has 0 bridgehead atoms. The summed E-state index contributed by atoms with van der Waals surface area (Å²) in [6.45, 7) is 3.84. The number of hydrogen-bond donors (Lipinski definition) is 2. The first-order valence-electron chi connectivity index (χ1n) is 8.69. The van der Waals surface area contributed by atoms with Crippen molar-refractivity contribution in [3.8, 4) is 11.3 Å². The zero-order valence-corrected chi connectivity index (χ0v) is 16.2. The molecule has 0 spiro atoms. The lowest BCUT2D eigenvalue weighted by atomic mass is 10.1. The standard InChI is InChI=1S/C19H19N5O3S/c1-3-10-24-17(26)9-8-15(23-24)18(27)22-19-21-16(11-28-19)13-4-6-14(7-5-13)20-12(2)25/h4-9,11H,3,10H2,1-2H3,(H,20,25)(H,21,22,27). The summed E-state index contributed by atoms with van der Waals surface area (Å²) in [4.78, 5) is 39.6. The minimum absolute atomic E-state index is 0.134. The summed E-state index contributed by atoms with van der Waals surface area (Å²) < 4.78 is 1.28. The summed E-state index contributed by atoms with van der Waals surface area (Å²) in [6, 6.07) is 9.99. The van der Waals surface area contributed by atoms with Crippen LogP contribution in [0.3, 0.4) is 0 Å². The maximum atomic E-state index is 12.4. The van der Waals surface area contributed by atoms with Gasteiger partial charge in [0.15, 0.2) is 5.13 Å². The second-order valence-corrected chi connectivity index (χ2v) is 6.89. The van der Waals surface area contributed by atoms with Gasteiger partial charge < -0.3 is 5.32 Å². The molecule has 2 N–H and O–H groups in total. The Bertz CT molecular complexity index is 1060. The molecular formula is C19H19N5O3S. The second-order valence-electron chi connectivity index (χ2n) is 6.03. The smallest absolute Gasteiger partial charge is 0.277 e. The van der Waals surface area contributed by atoms with Gasteiger partial charge >= 0.3 is 0 Å². The Balaban J connectivity index is 1.72. The molecule has 0 fully saturated rings. The Hall–Kier alpha value is -3.33. The van der Waals surface area contributed by atoms with E-state index in [0.29, 0.717) is 23.1 Å². The van der Waals surface area contributed by atoms with Gasteiger partial charge in [0, 0.05) is 36.2 Å². The van der Waals surface area contributed by atoms with Gasteiger partial charge in [0.05, 0.1) is 5.69 Å². The van der Waals surface area contributed by atoms with E-state index in [0.717, 1.165) is 12.0 Å². The Labute approximate surface area is 165 Å². The number of carbonyl (C=O) groups is 2. The Morgan fingerprint density at radius 3 is 2.54 bits per heavy atom.